The summed E-state index contributed by atoms with van der Waals surface area (Å²) in [6.45, 7) is 3.32. The van der Waals surface area contributed by atoms with Crippen molar-refractivity contribution in [1.82, 2.24) is 10.2 Å². The minimum atomic E-state index is -0.434. The van der Waals surface area contributed by atoms with Gasteiger partial charge in [-0.1, -0.05) is 0 Å². The molecule has 1 aromatic carbocycles. The minimum absolute atomic E-state index is 0.00855. The topological polar surface area (TPSA) is 58.4 Å². The Hall–Kier alpha value is -1.53. The minimum Gasteiger partial charge on any atom is -0.312 e. The molecule has 108 valence electrons. The molecule has 2 heterocycles. The normalized spacial score (nSPS) is 26.4. The Labute approximate surface area is 116 Å². The van der Waals surface area contributed by atoms with E-state index in [2.05, 4.69) is 10.2 Å². The molecule has 0 saturated carbocycles. The van der Waals surface area contributed by atoms with Gasteiger partial charge in [-0.25, -0.2) is 4.39 Å². The molecule has 3 rings (SSSR count). The van der Waals surface area contributed by atoms with Crippen LogP contribution in [0.15, 0.2) is 18.2 Å². The summed E-state index contributed by atoms with van der Waals surface area (Å²) >= 11 is 0. The Bertz CT molecular complexity index is 509. The molecule has 2 saturated heterocycles. The molecule has 2 unspecified atom stereocenters. The van der Waals surface area contributed by atoms with Crippen LogP contribution >= 0.6 is 0 Å². The van der Waals surface area contributed by atoms with E-state index in [0.717, 1.165) is 25.7 Å². The first-order chi connectivity index (χ1) is 9.63. The fourth-order valence-electron chi connectivity index (χ4n) is 3.36. The second kappa shape index (κ2) is 5.46. The van der Waals surface area contributed by atoms with Crippen LogP contribution in [0.2, 0.25) is 0 Å². The maximum Gasteiger partial charge on any atom is 0.274 e. The number of nitro groups is 1. The van der Waals surface area contributed by atoms with Crippen LogP contribution < -0.4 is 5.32 Å². The van der Waals surface area contributed by atoms with Crippen LogP contribution in [0.5, 0.6) is 0 Å². The van der Waals surface area contributed by atoms with Gasteiger partial charge in [-0.05, 0) is 37.4 Å². The predicted molar refractivity (Wildman–Crippen MR) is 72.8 cm³/mol. The van der Waals surface area contributed by atoms with Gasteiger partial charge in [-0.2, -0.15) is 0 Å². The van der Waals surface area contributed by atoms with Gasteiger partial charge >= 0.3 is 0 Å². The Balaban J connectivity index is 1.75. The van der Waals surface area contributed by atoms with Gasteiger partial charge in [0.15, 0.2) is 0 Å². The molecule has 6 heteroatoms. The molecule has 0 aliphatic carbocycles. The average Bonchev–Trinajstić information content (AvgIpc) is 2.80. The lowest BCUT2D eigenvalue weighted by Gasteiger charge is -2.24. The first-order valence-electron chi connectivity index (χ1n) is 7.02. The maximum absolute atomic E-state index is 13.3. The number of halogens is 1. The van der Waals surface area contributed by atoms with Gasteiger partial charge in [0.2, 0.25) is 0 Å². The van der Waals surface area contributed by atoms with Crippen molar-refractivity contribution in [2.75, 3.05) is 19.6 Å². The summed E-state index contributed by atoms with van der Waals surface area (Å²) in [5.74, 6) is 0.205. The van der Waals surface area contributed by atoms with Crippen LogP contribution in [0.3, 0.4) is 0 Å². The third kappa shape index (κ3) is 2.66. The lowest BCUT2D eigenvalue weighted by Crippen LogP contribution is -2.40. The highest BCUT2D eigenvalue weighted by molar-refractivity contribution is 5.40. The molecular weight excluding hydrogens is 261 g/mol. The number of nitro benzene ring substituents is 1. The number of hydrogen-bond acceptors (Lipinski definition) is 4. The molecule has 2 aliphatic heterocycles. The summed E-state index contributed by atoms with van der Waals surface area (Å²) in [5.41, 5.74) is 0.475. The molecule has 1 N–H and O–H groups in total. The average molecular weight is 279 g/mol. The van der Waals surface area contributed by atoms with Crippen molar-refractivity contribution in [3.05, 3.63) is 39.7 Å². The quantitative estimate of drug-likeness (QED) is 0.678. The SMILES string of the molecule is O=[N+]([O-])c1ccc(F)cc1CN1CC2CCCNC2C1. The molecule has 0 spiro atoms. The van der Waals surface area contributed by atoms with Gasteiger partial charge in [0.05, 0.1) is 4.92 Å². The molecule has 2 atom stereocenters. The molecule has 5 nitrogen and oxygen atoms in total. The summed E-state index contributed by atoms with van der Waals surface area (Å²) in [7, 11) is 0. The van der Waals surface area contributed by atoms with E-state index in [1.807, 2.05) is 0 Å². The molecule has 0 radical (unpaired) electrons. The summed E-state index contributed by atoms with van der Waals surface area (Å²) < 4.78 is 13.3. The van der Waals surface area contributed by atoms with Crippen LogP contribution in [0.1, 0.15) is 18.4 Å². The summed E-state index contributed by atoms with van der Waals surface area (Å²) in [6, 6.07) is 4.17. The molecule has 0 bridgehead atoms. The van der Waals surface area contributed by atoms with Gasteiger partial charge in [0.1, 0.15) is 5.82 Å². The van der Waals surface area contributed by atoms with E-state index >= 15 is 0 Å². The fourth-order valence-corrected chi connectivity index (χ4v) is 3.36. The monoisotopic (exact) mass is 279 g/mol. The van der Waals surface area contributed by atoms with Crippen molar-refractivity contribution in [2.24, 2.45) is 5.92 Å². The van der Waals surface area contributed by atoms with Crippen LogP contribution in [-0.2, 0) is 6.54 Å². The second-order valence-corrected chi connectivity index (χ2v) is 5.69. The Kier molecular flexibility index (Phi) is 3.67. The van der Waals surface area contributed by atoms with E-state index in [0.29, 0.717) is 24.1 Å². The van der Waals surface area contributed by atoms with Crippen LogP contribution in [0.25, 0.3) is 0 Å². The maximum atomic E-state index is 13.3. The number of nitrogens with one attached hydrogen (secondary N) is 1. The van der Waals surface area contributed by atoms with Crippen molar-refractivity contribution >= 4 is 5.69 Å². The van der Waals surface area contributed by atoms with Crippen LogP contribution in [0.4, 0.5) is 10.1 Å². The van der Waals surface area contributed by atoms with E-state index in [9.17, 15) is 14.5 Å². The molecule has 0 aromatic heterocycles. The first kappa shape index (κ1) is 13.5. The van der Waals surface area contributed by atoms with Crippen LogP contribution in [0, 0.1) is 21.8 Å². The number of rotatable bonds is 3. The summed E-state index contributed by atoms with van der Waals surface area (Å²) in [4.78, 5) is 12.8. The number of piperidine rings is 1. The van der Waals surface area contributed by atoms with Crippen molar-refractivity contribution in [3.63, 3.8) is 0 Å². The van der Waals surface area contributed by atoms with Crippen molar-refractivity contribution < 1.29 is 9.31 Å². The number of benzene rings is 1. The van der Waals surface area contributed by atoms with E-state index in [1.54, 1.807) is 0 Å². The third-order valence-electron chi connectivity index (χ3n) is 4.31. The van der Waals surface area contributed by atoms with E-state index < -0.39 is 10.7 Å². The fraction of sp³-hybridized carbons (Fsp3) is 0.571. The smallest absolute Gasteiger partial charge is 0.274 e. The predicted octanol–water partition coefficient (Wildman–Crippen LogP) is 1.92. The van der Waals surface area contributed by atoms with E-state index in [4.69, 9.17) is 0 Å². The van der Waals surface area contributed by atoms with Crippen molar-refractivity contribution in [3.8, 4) is 0 Å². The number of fused-ring (bicyclic) bond motifs is 1. The standard InChI is InChI=1S/C14H18FN3O2/c15-12-3-4-14(18(19)20)11(6-12)8-17-7-10-2-1-5-16-13(10)9-17/h3-4,6,10,13,16H,1-2,5,7-9H2. The van der Waals surface area contributed by atoms with Crippen LogP contribution in [-0.4, -0.2) is 35.5 Å². The zero-order valence-electron chi connectivity index (χ0n) is 11.2. The number of nitrogens with zero attached hydrogens (tertiary/aromatic N) is 2. The summed E-state index contributed by atoms with van der Waals surface area (Å²) in [5, 5.41) is 14.5. The van der Waals surface area contributed by atoms with Gasteiger partial charge < -0.3 is 5.32 Å². The molecule has 2 aliphatic rings. The van der Waals surface area contributed by atoms with Gasteiger partial charge in [-0.3, -0.25) is 15.0 Å². The third-order valence-corrected chi connectivity index (χ3v) is 4.31. The lowest BCUT2D eigenvalue weighted by molar-refractivity contribution is -0.385. The number of hydrogen-bond donors (Lipinski definition) is 1. The van der Waals surface area contributed by atoms with Gasteiger partial charge in [0.25, 0.3) is 5.69 Å². The second-order valence-electron chi connectivity index (χ2n) is 5.69. The van der Waals surface area contributed by atoms with E-state index in [-0.39, 0.29) is 5.69 Å². The number of likely N-dealkylation sites (tertiary alicyclic amines) is 1. The Morgan fingerprint density at radius 1 is 1.45 bits per heavy atom. The molecular formula is C14H18FN3O2. The lowest BCUT2D eigenvalue weighted by atomic mass is 9.94. The zero-order valence-corrected chi connectivity index (χ0v) is 11.2. The molecule has 2 fully saturated rings. The van der Waals surface area contributed by atoms with Crippen molar-refractivity contribution in [1.29, 1.82) is 0 Å². The first-order valence-corrected chi connectivity index (χ1v) is 7.02. The Morgan fingerprint density at radius 3 is 3.05 bits per heavy atom. The highest BCUT2D eigenvalue weighted by atomic mass is 19.1. The van der Waals surface area contributed by atoms with E-state index in [1.165, 1.54) is 25.0 Å². The zero-order chi connectivity index (χ0) is 14.1. The summed E-state index contributed by atoms with van der Waals surface area (Å²) in [6.07, 6.45) is 2.40. The van der Waals surface area contributed by atoms with Crippen molar-refractivity contribution in [2.45, 2.75) is 25.4 Å². The van der Waals surface area contributed by atoms with Gasteiger partial charge in [0, 0.05) is 37.3 Å². The largest absolute Gasteiger partial charge is 0.312 e. The highest BCUT2D eigenvalue weighted by Gasteiger charge is 2.34. The van der Waals surface area contributed by atoms with Gasteiger partial charge in [-0.15, -0.1) is 0 Å². The Morgan fingerprint density at radius 2 is 2.30 bits per heavy atom. The molecule has 20 heavy (non-hydrogen) atoms. The molecule has 1 aromatic rings. The highest BCUT2D eigenvalue weighted by Crippen LogP contribution is 2.28. The molecule has 0 amide bonds.